The molecule has 130 valence electrons. The van der Waals surface area contributed by atoms with Crippen LogP contribution in [-0.2, 0) is 13.1 Å². The lowest BCUT2D eigenvalue weighted by Gasteiger charge is -2.25. The molecule has 8 heteroatoms. The molecule has 2 aromatic rings. The predicted molar refractivity (Wildman–Crippen MR) is 98.6 cm³/mol. The second-order valence-corrected chi connectivity index (χ2v) is 8.41. The van der Waals surface area contributed by atoms with Crippen LogP contribution >= 0.6 is 23.1 Å². The SMILES string of the molecule is Cc1ccc(CNCCCn2cc(C(=O)N3CCSCC3)nn2)s1. The van der Waals surface area contributed by atoms with Crippen molar-refractivity contribution in [3.8, 4) is 0 Å². The predicted octanol–water partition coefficient (Wildman–Crippen LogP) is 2.02. The van der Waals surface area contributed by atoms with Crippen molar-refractivity contribution < 1.29 is 4.79 Å². The number of aromatic nitrogens is 3. The maximum Gasteiger partial charge on any atom is 0.276 e. The number of aryl methyl sites for hydroxylation is 2. The third-order valence-corrected chi connectivity index (χ3v) is 5.84. The molecule has 1 fully saturated rings. The normalized spacial score (nSPS) is 15.0. The third kappa shape index (κ3) is 4.81. The molecule has 0 unspecified atom stereocenters. The van der Waals surface area contributed by atoms with Crippen molar-refractivity contribution in [1.29, 1.82) is 0 Å². The molecule has 0 radical (unpaired) electrons. The number of rotatable bonds is 7. The minimum atomic E-state index is 0.00717. The molecule has 0 spiro atoms. The van der Waals surface area contributed by atoms with E-state index in [1.54, 1.807) is 10.9 Å². The van der Waals surface area contributed by atoms with E-state index in [9.17, 15) is 4.79 Å². The number of hydrogen-bond acceptors (Lipinski definition) is 6. The summed E-state index contributed by atoms with van der Waals surface area (Å²) in [7, 11) is 0. The van der Waals surface area contributed by atoms with Gasteiger partial charge in [0.15, 0.2) is 5.69 Å². The van der Waals surface area contributed by atoms with Crippen LogP contribution in [0, 0.1) is 6.92 Å². The van der Waals surface area contributed by atoms with E-state index >= 15 is 0 Å². The highest BCUT2D eigenvalue weighted by Gasteiger charge is 2.20. The molecule has 6 nitrogen and oxygen atoms in total. The summed E-state index contributed by atoms with van der Waals surface area (Å²) in [5, 5.41) is 11.6. The van der Waals surface area contributed by atoms with Crippen LogP contribution in [0.25, 0.3) is 0 Å². The largest absolute Gasteiger partial charge is 0.336 e. The van der Waals surface area contributed by atoms with Crippen molar-refractivity contribution >= 4 is 29.0 Å². The average Bonchev–Trinajstić information content (AvgIpc) is 3.24. The molecule has 24 heavy (non-hydrogen) atoms. The van der Waals surface area contributed by atoms with Crippen molar-refractivity contribution in [3.63, 3.8) is 0 Å². The fraction of sp³-hybridized carbons (Fsp3) is 0.562. The molecule has 0 saturated carbocycles. The zero-order valence-electron chi connectivity index (χ0n) is 13.9. The van der Waals surface area contributed by atoms with Gasteiger partial charge in [-0.05, 0) is 32.0 Å². The monoisotopic (exact) mass is 365 g/mol. The Morgan fingerprint density at radius 3 is 2.92 bits per heavy atom. The van der Waals surface area contributed by atoms with Crippen LogP contribution in [0.5, 0.6) is 0 Å². The number of thioether (sulfide) groups is 1. The average molecular weight is 366 g/mol. The molecule has 0 aliphatic carbocycles. The van der Waals surface area contributed by atoms with Crippen molar-refractivity contribution in [2.45, 2.75) is 26.4 Å². The van der Waals surface area contributed by atoms with Gasteiger partial charge in [-0.1, -0.05) is 5.21 Å². The number of carbonyl (C=O) groups is 1. The topological polar surface area (TPSA) is 63.1 Å². The minimum Gasteiger partial charge on any atom is -0.336 e. The van der Waals surface area contributed by atoms with Gasteiger partial charge in [-0.3, -0.25) is 9.48 Å². The highest BCUT2D eigenvalue weighted by molar-refractivity contribution is 7.99. The molecule has 0 atom stereocenters. The van der Waals surface area contributed by atoms with E-state index in [1.165, 1.54) is 9.75 Å². The molecule has 0 bridgehead atoms. The van der Waals surface area contributed by atoms with Gasteiger partial charge in [-0.2, -0.15) is 11.8 Å². The summed E-state index contributed by atoms with van der Waals surface area (Å²) in [5.74, 6) is 2.03. The van der Waals surface area contributed by atoms with Gasteiger partial charge in [0, 0.05) is 47.4 Å². The molecule has 2 aromatic heterocycles. The van der Waals surface area contributed by atoms with Gasteiger partial charge in [0.05, 0.1) is 6.20 Å². The summed E-state index contributed by atoms with van der Waals surface area (Å²) >= 11 is 3.72. The van der Waals surface area contributed by atoms with Crippen molar-refractivity contribution in [2.75, 3.05) is 31.1 Å². The van der Waals surface area contributed by atoms with E-state index in [4.69, 9.17) is 0 Å². The highest BCUT2D eigenvalue weighted by Crippen LogP contribution is 2.14. The lowest BCUT2D eigenvalue weighted by Crippen LogP contribution is -2.38. The Morgan fingerprint density at radius 2 is 2.17 bits per heavy atom. The number of nitrogens with one attached hydrogen (secondary N) is 1. The van der Waals surface area contributed by atoms with Gasteiger partial charge in [-0.25, -0.2) is 0 Å². The molecule has 1 aliphatic rings. The Bertz CT molecular complexity index is 663. The molecule has 1 aliphatic heterocycles. The van der Waals surface area contributed by atoms with Crippen LogP contribution in [0.3, 0.4) is 0 Å². The Hall–Kier alpha value is -1.38. The Kier molecular flexibility index (Phi) is 6.28. The lowest BCUT2D eigenvalue weighted by molar-refractivity contribution is 0.0766. The number of carbonyl (C=O) groups excluding carboxylic acids is 1. The van der Waals surface area contributed by atoms with Crippen molar-refractivity contribution in [2.24, 2.45) is 0 Å². The molecule has 0 aromatic carbocycles. The molecular weight excluding hydrogens is 342 g/mol. The first kappa shape index (κ1) is 17.4. The molecule has 3 heterocycles. The fourth-order valence-corrected chi connectivity index (χ4v) is 4.35. The standard InChI is InChI=1S/C16H23N5OS2/c1-13-3-4-14(24-13)11-17-5-2-6-21-12-15(18-19-21)16(22)20-7-9-23-10-8-20/h3-4,12,17H,2,5-11H2,1H3. The van der Waals surface area contributed by atoms with Gasteiger partial charge < -0.3 is 10.2 Å². The highest BCUT2D eigenvalue weighted by atomic mass is 32.2. The van der Waals surface area contributed by atoms with Gasteiger partial charge >= 0.3 is 0 Å². The Labute approximate surface area is 150 Å². The Balaban J connectivity index is 1.38. The molecular formula is C16H23N5OS2. The molecule has 1 amide bonds. The smallest absolute Gasteiger partial charge is 0.276 e. The van der Waals surface area contributed by atoms with Crippen LogP contribution in [0.15, 0.2) is 18.3 Å². The second-order valence-electron chi connectivity index (χ2n) is 5.81. The summed E-state index contributed by atoms with van der Waals surface area (Å²) < 4.78 is 1.77. The van der Waals surface area contributed by atoms with Crippen LogP contribution in [0.2, 0.25) is 0 Å². The summed E-state index contributed by atoms with van der Waals surface area (Å²) in [6, 6.07) is 4.32. The molecule has 3 rings (SSSR count). The van der Waals surface area contributed by atoms with E-state index in [1.807, 2.05) is 28.0 Å². The number of thiophene rings is 1. The quantitative estimate of drug-likeness (QED) is 0.761. The first-order valence-electron chi connectivity index (χ1n) is 8.25. The first-order chi connectivity index (χ1) is 11.7. The van der Waals surface area contributed by atoms with Crippen LogP contribution in [0.4, 0.5) is 0 Å². The van der Waals surface area contributed by atoms with Crippen LogP contribution in [-0.4, -0.2) is 56.9 Å². The number of hydrogen-bond donors (Lipinski definition) is 1. The van der Waals surface area contributed by atoms with E-state index in [0.29, 0.717) is 5.69 Å². The number of amides is 1. The van der Waals surface area contributed by atoms with Crippen LogP contribution in [0.1, 0.15) is 26.7 Å². The van der Waals surface area contributed by atoms with Crippen molar-refractivity contribution in [3.05, 3.63) is 33.8 Å². The van der Waals surface area contributed by atoms with Gasteiger partial charge in [0.2, 0.25) is 0 Å². The zero-order chi connectivity index (χ0) is 16.8. The zero-order valence-corrected chi connectivity index (χ0v) is 15.5. The van der Waals surface area contributed by atoms with Gasteiger partial charge in [0.1, 0.15) is 0 Å². The van der Waals surface area contributed by atoms with Gasteiger partial charge in [-0.15, -0.1) is 16.4 Å². The summed E-state index contributed by atoms with van der Waals surface area (Å²) in [6.07, 6.45) is 2.73. The maximum atomic E-state index is 12.3. The molecule has 1 saturated heterocycles. The van der Waals surface area contributed by atoms with E-state index < -0.39 is 0 Å². The summed E-state index contributed by atoms with van der Waals surface area (Å²) in [5.41, 5.74) is 0.462. The van der Waals surface area contributed by atoms with Crippen LogP contribution < -0.4 is 5.32 Å². The molecule has 1 N–H and O–H groups in total. The van der Waals surface area contributed by atoms with E-state index in [-0.39, 0.29) is 5.91 Å². The first-order valence-corrected chi connectivity index (χ1v) is 10.2. The van der Waals surface area contributed by atoms with E-state index in [0.717, 1.165) is 50.7 Å². The van der Waals surface area contributed by atoms with E-state index in [2.05, 4.69) is 34.7 Å². The second kappa shape index (κ2) is 8.64. The van der Waals surface area contributed by atoms with Crippen molar-refractivity contribution in [1.82, 2.24) is 25.2 Å². The van der Waals surface area contributed by atoms with Gasteiger partial charge in [0.25, 0.3) is 5.91 Å². The summed E-state index contributed by atoms with van der Waals surface area (Å²) in [4.78, 5) is 16.9. The third-order valence-electron chi connectivity index (χ3n) is 3.89. The maximum absolute atomic E-state index is 12.3. The Morgan fingerprint density at radius 1 is 1.33 bits per heavy atom. The lowest BCUT2D eigenvalue weighted by atomic mass is 10.3. The fourth-order valence-electron chi connectivity index (χ4n) is 2.59. The summed E-state index contributed by atoms with van der Waals surface area (Å²) in [6.45, 7) is 6.34. The number of nitrogens with zero attached hydrogens (tertiary/aromatic N) is 4. The minimum absolute atomic E-state index is 0.00717.